The van der Waals surface area contributed by atoms with Crippen molar-refractivity contribution in [2.75, 3.05) is 13.2 Å². The molecule has 1 aliphatic rings. The molecule has 0 amide bonds. The van der Waals surface area contributed by atoms with Crippen molar-refractivity contribution >= 4 is 0 Å². The predicted molar refractivity (Wildman–Crippen MR) is 61.5 cm³/mol. The lowest BCUT2D eigenvalue weighted by Gasteiger charge is -2.25. The van der Waals surface area contributed by atoms with Gasteiger partial charge in [0.05, 0.1) is 19.3 Å². The number of hydrogen-bond donors (Lipinski definition) is 1. The standard InChI is InChI=1S/C13H17FO3/c1-9(15)12-3-2-10(14)8-13(12)17-11-4-6-16-7-5-11/h2-3,8-9,11,15H,4-7H2,1H3. The second kappa shape index (κ2) is 5.47. The minimum atomic E-state index is -0.662. The third-order valence-electron chi connectivity index (χ3n) is 2.89. The third-order valence-corrected chi connectivity index (χ3v) is 2.89. The van der Waals surface area contributed by atoms with Crippen LogP contribution in [0.1, 0.15) is 31.4 Å². The van der Waals surface area contributed by atoms with Gasteiger partial charge in [-0.05, 0) is 19.1 Å². The van der Waals surface area contributed by atoms with Crippen LogP contribution >= 0.6 is 0 Å². The number of hydrogen-bond acceptors (Lipinski definition) is 3. The highest BCUT2D eigenvalue weighted by Gasteiger charge is 2.18. The van der Waals surface area contributed by atoms with Gasteiger partial charge in [0.1, 0.15) is 17.7 Å². The van der Waals surface area contributed by atoms with E-state index in [0.29, 0.717) is 24.5 Å². The maximum atomic E-state index is 13.2. The zero-order chi connectivity index (χ0) is 12.3. The first-order valence-corrected chi connectivity index (χ1v) is 5.88. The Bertz CT molecular complexity index is 373. The fourth-order valence-corrected chi connectivity index (χ4v) is 1.93. The molecule has 0 spiro atoms. The first kappa shape index (κ1) is 12.3. The molecule has 0 bridgehead atoms. The van der Waals surface area contributed by atoms with E-state index in [2.05, 4.69) is 0 Å². The van der Waals surface area contributed by atoms with Gasteiger partial charge in [0, 0.05) is 24.5 Å². The Morgan fingerprint density at radius 3 is 2.76 bits per heavy atom. The van der Waals surface area contributed by atoms with Crippen LogP contribution in [0.4, 0.5) is 4.39 Å². The average molecular weight is 240 g/mol. The van der Waals surface area contributed by atoms with E-state index in [1.807, 2.05) is 0 Å². The lowest BCUT2D eigenvalue weighted by atomic mass is 10.1. The van der Waals surface area contributed by atoms with Gasteiger partial charge in [-0.15, -0.1) is 0 Å². The normalized spacial score (nSPS) is 19.0. The largest absolute Gasteiger partial charge is 0.490 e. The fourth-order valence-electron chi connectivity index (χ4n) is 1.93. The Morgan fingerprint density at radius 1 is 1.41 bits per heavy atom. The summed E-state index contributed by atoms with van der Waals surface area (Å²) in [5, 5.41) is 9.60. The zero-order valence-corrected chi connectivity index (χ0v) is 9.86. The maximum Gasteiger partial charge on any atom is 0.128 e. The number of ether oxygens (including phenoxy) is 2. The van der Waals surface area contributed by atoms with Crippen LogP contribution < -0.4 is 4.74 Å². The summed E-state index contributed by atoms with van der Waals surface area (Å²) < 4.78 is 24.2. The maximum absolute atomic E-state index is 13.2. The van der Waals surface area contributed by atoms with Gasteiger partial charge in [0.25, 0.3) is 0 Å². The predicted octanol–water partition coefficient (Wildman–Crippen LogP) is 2.44. The Morgan fingerprint density at radius 2 is 2.12 bits per heavy atom. The molecule has 1 fully saturated rings. The SMILES string of the molecule is CC(O)c1ccc(F)cc1OC1CCOCC1. The van der Waals surface area contributed by atoms with Crippen molar-refractivity contribution in [2.24, 2.45) is 0 Å². The van der Waals surface area contributed by atoms with Crippen LogP contribution in [0.3, 0.4) is 0 Å². The Labute approximate surface area is 100 Å². The summed E-state index contributed by atoms with van der Waals surface area (Å²) >= 11 is 0. The summed E-state index contributed by atoms with van der Waals surface area (Å²) in [6.07, 6.45) is 0.986. The van der Waals surface area contributed by atoms with E-state index in [0.717, 1.165) is 12.8 Å². The highest BCUT2D eigenvalue weighted by molar-refractivity contribution is 5.35. The molecule has 3 nitrogen and oxygen atoms in total. The summed E-state index contributed by atoms with van der Waals surface area (Å²) in [5.41, 5.74) is 0.623. The van der Waals surface area contributed by atoms with E-state index >= 15 is 0 Å². The van der Waals surface area contributed by atoms with Gasteiger partial charge in [0.2, 0.25) is 0 Å². The van der Waals surface area contributed by atoms with Crippen LogP contribution in [0.2, 0.25) is 0 Å². The number of halogens is 1. The molecule has 0 radical (unpaired) electrons. The van der Waals surface area contributed by atoms with E-state index in [-0.39, 0.29) is 11.9 Å². The van der Waals surface area contributed by atoms with Crippen LogP contribution in [0.5, 0.6) is 5.75 Å². The van der Waals surface area contributed by atoms with Crippen LogP contribution in [0.15, 0.2) is 18.2 Å². The smallest absolute Gasteiger partial charge is 0.128 e. The van der Waals surface area contributed by atoms with Crippen LogP contribution in [-0.2, 0) is 4.74 Å². The van der Waals surface area contributed by atoms with Gasteiger partial charge in [-0.3, -0.25) is 0 Å². The van der Waals surface area contributed by atoms with Gasteiger partial charge < -0.3 is 14.6 Å². The average Bonchev–Trinajstić information content (AvgIpc) is 2.30. The van der Waals surface area contributed by atoms with Gasteiger partial charge in [0.15, 0.2) is 0 Å². The van der Waals surface area contributed by atoms with E-state index in [1.54, 1.807) is 13.0 Å². The van der Waals surface area contributed by atoms with Gasteiger partial charge in [-0.25, -0.2) is 4.39 Å². The number of rotatable bonds is 3. The van der Waals surface area contributed by atoms with Crippen molar-refractivity contribution in [3.05, 3.63) is 29.6 Å². The molecule has 94 valence electrons. The molecule has 1 aromatic rings. The zero-order valence-electron chi connectivity index (χ0n) is 9.86. The number of aliphatic hydroxyl groups is 1. The quantitative estimate of drug-likeness (QED) is 0.882. The van der Waals surface area contributed by atoms with Crippen LogP contribution in [-0.4, -0.2) is 24.4 Å². The van der Waals surface area contributed by atoms with Crippen molar-refractivity contribution in [3.63, 3.8) is 0 Å². The highest BCUT2D eigenvalue weighted by atomic mass is 19.1. The summed E-state index contributed by atoms with van der Waals surface area (Å²) in [6.45, 7) is 2.98. The molecular weight excluding hydrogens is 223 g/mol. The second-order valence-electron chi connectivity index (χ2n) is 4.29. The molecular formula is C13H17FO3. The molecule has 17 heavy (non-hydrogen) atoms. The van der Waals surface area contributed by atoms with Gasteiger partial charge >= 0.3 is 0 Å². The Kier molecular flexibility index (Phi) is 3.97. The van der Waals surface area contributed by atoms with Crippen molar-refractivity contribution in [1.82, 2.24) is 0 Å². The van der Waals surface area contributed by atoms with E-state index in [4.69, 9.17) is 9.47 Å². The van der Waals surface area contributed by atoms with Crippen molar-refractivity contribution in [3.8, 4) is 5.75 Å². The van der Waals surface area contributed by atoms with E-state index < -0.39 is 6.10 Å². The molecule has 0 saturated carbocycles. The van der Waals surface area contributed by atoms with E-state index in [1.165, 1.54) is 12.1 Å². The lowest BCUT2D eigenvalue weighted by Crippen LogP contribution is -2.26. The van der Waals surface area contributed by atoms with E-state index in [9.17, 15) is 9.50 Å². The second-order valence-corrected chi connectivity index (χ2v) is 4.29. The van der Waals surface area contributed by atoms with Gasteiger partial charge in [-0.2, -0.15) is 0 Å². The summed E-state index contributed by atoms with van der Waals surface area (Å²) in [5.74, 6) is 0.0864. The molecule has 1 atom stereocenters. The highest BCUT2D eigenvalue weighted by Crippen LogP contribution is 2.28. The molecule has 4 heteroatoms. The number of aliphatic hydroxyl groups excluding tert-OH is 1. The topological polar surface area (TPSA) is 38.7 Å². The minimum Gasteiger partial charge on any atom is -0.490 e. The lowest BCUT2D eigenvalue weighted by molar-refractivity contribution is 0.0241. The fraction of sp³-hybridized carbons (Fsp3) is 0.538. The summed E-state index contributed by atoms with van der Waals surface area (Å²) in [7, 11) is 0. The third kappa shape index (κ3) is 3.17. The van der Waals surface area contributed by atoms with Crippen molar-refractivity contribution < 1.29 is 19.0 Å². The Hall–Kier alpha value is -1.13. The molecule has 0 aromatic heterocycles. The molecule has 1 aliphatic heterocycles. The molecule has 1 N–H and O–H groups in total. The van der Waals surface area contributed by atoms with Crippen LogP contribution in [0.25, 0.3) is 0 Å². The van der Waals surface area contributed by atoms with Crippen molar-refractivity contribution in [2.45, 2.75) is 32.0 Å². The molecule has 1 aromatic carbocycles. The summed E-state index contributed by atoms with van der Waals surface area (Å²) in [6, 6.07) is 4.23. The first-order valence-electron chi connectivity index (χ1n) is 5.88. The summed E-state index contributed by atoms with van der Waals surface area (Å²) in [4.78, 5) is 0. The molecule has 0 aliphatic carbocycles. The minimum absolute atomic E-state index is 0.0445. The molecule has 1 heterocycles. The number of benzene rings is 1. The monoisotopic (exact) mass is 240 g/mol. The van der Waals surface area contributed by atoms with Crippen molar-refractivity contribution in [1.29, 1.82) is 0 Å². The molecule has 1 unspecified atom stereocenters. The molecule has 1 saturated heterocycles. The van der Waals surface area contributed by atoms with Gasteiger partial charge in [-0.1, -0.05) is 0 Å². The first-order chi connectivity index (χ1) is 8.16. The Balaban J connectivity index is 2.14. The molecule has 2 rings (SSSR count). The van der Waals surface area contributed by atoms with Crippen LogP contribution in [0, 0.1) is 5.82 Å².